The number of morpholine rings is 1. The fraction of sp³-hybridized carbons (Fsp3) is 0.947. The molecule has 130 valence electrons. The average Bonchev–Trinajstić information content (AvgIpc) is 2.54. The fourth-order valence-electron chi connectivity index (χ4n) is 3.08. The lowest BCUT2D eigenvalue weighted by molar-refractivity contribution is -0.119. The first-order valence-electron chi connectivity index (χ1n) is 9.64. The molecule has 1 heterocycles. The third-order valence-electron chi connectivity index (χ3n) is 4.59. The van der Waals surface area contributed by atoms with Crippen LogP contribution in [-0.2, 0) is 9.53 Å². The molecule has 1 saturated heterocycles. The Labute approximate surface area is 137 Å². The van der Waals surface area contributed by atoms with Gasteiger partial charge in [0.25, 0.3) is 0 Å². The van der Waals surface area contributed by atoms with E-state index in [0.717, 1.165) is 58.5 Å². The summed E-state index contributed by atoms with van der Waals surface area (Å²) in [6.45, 7) is 7.10. The molecular formula is C19H37NO2. The van der Waals surface area contributed by atoms with Crippen molar-refractivity contribution in [2.24, 2.45) is 0 Å². The van der Waals surface area contributed by atoms with Crippen molar-refractivity contribution in [2.45, 2.75) is 84.0 Å². The predicted molar refractivity (Wildman–Crippen MR) is 93.3 cm³/mol. The van der Waals surface area contributed by atoms with E-state index in [1.165, 1.54) is 51.4 Å². The number of unbranched alkanes of at least 4 members (excludes halogenated alkanes) is 8. The SMILES string of the molecule is CCCCCCCCCCCC(=O)CCCN1CCOCC1. The lowest BCUT2D eigenvalue weighted by Gasteiger charge is -2.26. The van der Waals surface area contributed by atoms with Crippen molar-refractivity contribution in [1.29, 1.82) is 0 Å². The molecule has 0 radical (unpaired) electrons. The van der Waals surface area contributed by atoms with Gasteiger partial charge in [-0.1, -0.05) is 58.3 Å². The Bertz CT molecular complexity index is 262. The number of nitrogens with zero attached hydrogens (tertiary/aromatic N) is 1. The minimum absolute atomic E-state index is 0.469. The van der Waals surface area contributed by atoms with Gasteiger partial charge in [-0.15, -0.1) is 0 Å². The molecule has 22 heavy (non-hydrogen) atoms. The maximum Gasteiger partial charge on any atom is 0.132 e. The van der Waals surface area contributed by atoms with Crippen LogP contribution in [0.2, 0.25) is 0 Å². The van der Waals surface area contributed by atoms with Gasteiger partial charge in [0.15, 0.2) is 0 Å². The lowest BCUT2D eigenvalue weighted by Crippen LogP contribution is -2.36. The summed E-state index contributed by atoms with van der Waals surface area (Å²) in [5.74, 6) is 0.469. The summed E-state index contributed by atoms with van der Waals surface area (Å²) in [5, 5.41) is 0. The number of ketones is 1. The van der Waals surface area contributed by atoms with Gasteiger partial charge < -0.3 is 4.74 Å². The van der Waals surface area contributed by atoms with Crippen molar-refractivity contribution in [3.05, 3.63) is 0 Å². The Morgan fingerprint density at radius 2 is 1.36 bits per heavy atom. The van der Waals surface area contributed by atoms with Gasteiger partial charge >= 0.3 is 0 Å². The van der Waals surface area contributed by atoms with E-state index in [0.29, 0.717) is 5.78 Å². The Hall–Kier alpha value is -0.410. The fourth-order valence-corrected chi connectivity index (χ4v) is 3.08. The van der Waals surface area contributed by atoms with E-state index in [1.54, 1.807) is 0 Å². The van der Waals surface area contributed by atoms with Crippen molar-refractivity contribution >= 4 is 5.78 Å². The Morgan fingerprint density at radius 3 is 2.00 bits per heavy atom. The van der Waals surface area contributed by atoms with Gasteiger partial charge in [0.05, 0.1) is 13.2 Å². The number of carbonyl (C=O) groups excluding carboxylic acids is 1. The number of hydrogen-bond donors (Lipinski definition) is 0. The topological polar surface area (TPSA) is 29.5 Å². The van der Waals surface area contributed by atoms with Gasteiger partial charge in [-0.25, -0.2) is 0 Å². The molecule has 1 aliphatic heterocycles. The maximum atomic E-state index is 11.8. The van der Waals surface area contributed by atoms with Gasteiger partial charge in [0.2, 0.25) is 0 Å². The lowest BCUT2D eigenvalue weighted by atomic mass is 10.0. The largest absolute Gasteiger partial charge is 0.379 e. The zero-order valence-electron chi connectivity index (χ0n) is 14.8. The van der Waals surface area contributed by atoms with Gasteiger partial charge in [0.1, 0.15) is 5.78 Å². The van der Waals surface area contributed by atoms with Crippen LogP contribution in [0.15, 0.2) is 0 Å². The van der Waals surface area contributed by atoms with E-state index < -0.39 is 0 Å². The Kier molecular flexibility index (Phi) is 12.7. The average molecular weight is 312 g/mol. The molecule has 0 aromatic heterocycles. The standard InChI is InChI=1S/C19H37NO2/c1-2-3-4-5-6-7-8-9-10-12-19(21)13-11-14-20-15-17-22-18-16-20/h2-18H2,1H3. The molecule has 1 fully saturated rings. The molecule has 0 N–H and O–H groups in total. The van der Waals surface area contributed by atoms with Crippen LogP contribution in [-0.4, -0.2) is 43.5 Å². The van der Waals surface area contributed by atoms with Crippen molar-refractivity contribution < 1.29 is 9.53 Å². The monoisotopic (exact) mass is 311 g/mol. The maximum absolute atomic E-state index is 11.8. The molecule has 0 aliphatic carbocycles. The van der Waals surface area contributed by atoms with E-state index in [4.69, 9.17) is 4.74 Å². The molecule has 0 aromatic rings. The van der Waals surface area contributed by atoms with Crippen LogP contribution in [0.5, 0.6) is 0 Å². The molecule has 1 aliphatic rings. The highest BCUT2D eigenvalue weighted by Gasteiger charge is 2.10. The van der Waals surface area contributed by atoms with Crippen LogP contribution < -0.4 is 0 Å². The van der Waals surface area contributed by atoms with Crippen LogP contribution in [0.3, 0.4) is 0 Å². The Balaban J connectivity index is 1.81. The summed E-state index contributed by atoms with van der Waals surface area (Å²) >= 11 is 0. The van der Waals surface area contributed by atoms with E-state index in [-0.39, 0.29) is 0 Å². The zero-order valence-corrected chi connectivity index (χ0v) is 14.8. The van der Waals surface area contributed by atoms with Crippen molar-refractivity contribution in [2.75, 3.05) is 32.8 Å². The molecule has 1 rings (SSSR count). The van der Waals surface area contributed by atoms with Gasteiger partial charge in [-0.3, -0.25) is 9.69 Å². The van der Waals surface area contributed by atoms with Gasteiger partial charge in [-0.05, 0) is 19.4 Å². The van der Waals surface area contributed by atoms with Crippen LogP contribution in [0.4, 0.5) is 0 Å². The summed E-state index contributed by atoms with van der Waals surface area (Å²) in [6.07, 6.45) is 14.5. The smallest absolute Gasteiger partial charge is 0.132 e. The van der Waals surface area contributed by atoms with Crippen LogP contribution in [0.1, 0.15) is 84.0 Å². The Morgan fingerprint density at radius 1 is 0.818 bits per heavy atom. The minimum Gasteiger partial charge on any atom is -0.379 e. The summed E-state index contributed by atoms with van der Waals surface area (Å²) in [6, 6.07) is 0. The molecule has 3 nitrogen and oxygen atoms in total. The van der Waals surface area contributed by atoms with E-state index in [9.17, 15) is 4.79 Å². The molecule has 0 bridgehead atoms. The first-order chi connectivity index (χ1) is 10.8. The molecule has 0 spiro atoms. The first kappa shape index (κ1) is 19.6. The highest BCUT2D eigenvalue weighted by molar-refractivity contribution is 5.78. The first-order valence-corrected chi connectivity index (χ1v) is 9.64. The summed E-state index contributed by atoms with van der Waals surface area (Å²) < 4.78 is 5.33. The molecule has 3 heteroatoms. The number of rotatable bonds is 14. The second kappa shape index (κ2) is 14.2. The quantitative estimate of drug-likeness (QED) is 0.439. The van der Waals surface area contributed by atoms with Crippen molar-refractivity contribution in [1.82, 2.24) is 4.90 Å². The molecule has 0 unspecified atom stereocenters. The van der Waals surface area contributed by atoms with Gasteiger partial charge in [0, 0.05) is 25.9 Å². The highest BCUT2D eigenvalue weighted by Crippen LogP contribution is 2.11. The number of Topliss-reactive ketones (excluding diaryl/α,β-unsaturated/α-hetero) is 1. The van der Waals surface area contributed by atoms with E-state index in [1.807, 2.05) is 0 Å². The molecule has 0 amide bonds. The molecule has 0 aromatic carbocycles. The van der Waals surface area contributed by atoms with Crippen molar-refractivity contribution in [3.8, 4) is 0 Å². The number of carbonyl (C=O) groups is 1. The summed E-state index contributed by atoms with van der Waals surface area (Å²) in [5.41, 5.74) is 0. The number of hydrogen-bond acceptors (Lipinski definition) is 3. The van der Waals surface area contributed by atoms with Gasteiger partial charge in [-0.2, -0.15) is 0 Å². The normalized spacial score (nSPS) is 16.0. The second-order valence-corrected chi connectivity index (χ2v) is 6.67. The predicted octanol–water partition coefficient (Wildman–Crippen LogP) is 4.59. The van der Waals surface area contributed by atoms with E-state index >= 15 is 0 Å². The van der Waals surface area contributed by atoms with Crippen molar-refractivity contribution in [3.63, 3.8) is 0 Å². The number of ether oxygens (including phenoxy) is 1. The second-order valence-electron chi connectivity index (χ2n) is 6.67. The third-order valence-corrected chi connectivity index (χ3v) is 4.59. The molecular weight excluding hydrogens is 274 g/mol. The third kappa shape index (κ3) is 11.2. The zero-order chi connectivity index (χ0) is 15.9. The van der Waals surface area contributed by atoms with Crippen LogP contribution >= 0.6 is 0 Å². The highest BCUT2D eigenvalue weighted by atomic mass is 16.5. The van der Waals surface area contributed by atoms with Crippen LogP contribution in [0.25, 0.3) is 0 Å². The van der Waals surface area contributed by atoms with Crippen LogP contribution in [0, 0.1) is 0 Å². The summed E-state index contributed by atoms with van der Waals surface area (Å²) in [7, 11) is 0. The summed E-state index contributed by atoms with van der Waals surface area (Å²) in [4.78, 5) is 14.3. The molecule has 0 atom stereocenters. The van der Waals surface area contributed by atoms with E-state index in [2.05, 4.69) is 11.8 Å². The minimum atomic E-state index is 0.469. The molecule has 0 saturated carbocycles.